The number of rotatable bonds is 5. The summed E-state index contributed by atoms with van der Waals surface area (Å²) in [5.74, 6) is -0.395. The molecule has 0 aliphatic heterocycles. The van der Waals surface area contributed by atoms with Gasteiger partial charge in [-0.25, -0.2) is 4.98 Å². The van der Waals surface area contributed by atoms with Crippen LogP contribution in [0.3, 0.4) is 0 Å². The third-order valence-corrected chi connectivity index (χ3v) is 3.52. The van der Waals surface area contributed by atoms with Gasteiger partial charge in [0.15, 0.2) is 13.0 Å². The average Bonchev–Trinajstić information content (AvgIpc) is 2.61. The standard InChI is InChI=1S/C16H12B3N2O3/c22-14-15(20-9-21-16(14)23)18-12-3-1-10(2-4-12)17-11-5-7-13(19-24)8-6-11/h1-9,22,24H,(H,20,21,23). The van der Waals surface area contributed by atoms with Gasteiger partial charge < -0.3 is 15.1 Å². The van der Waals surface area contributed by atoms with Crippen LogP contribution in [-0.4, -0.2) is 42.1 Å². The molecule has 0 aliphatic rings. The molecular weight excluding hydrogens is 301 g/mol. The van der Waals surface area contributed by atoms with E-state index in [4.69, 9.17) is 5.02 Å². The van der Waals surface area contributed by atoms with Gasteiger partial charge >= 0.3 is 7.48 Å². The van der Waals surface area contributed by atoms with Gasteiger partial charge in [0.25, 0.3) is 5.56 Å². The molecule has 3 aromatic rings. The van der Waals surface area contributed by atoms with Crippen molar-refractivity contribution in [3.05, 3.63) is 65.2 Å². The lowest BCUT2D eigenvalue weighted by Crippen LogP contribution is -2.35. The third kappa shape index (κ3) is 3.78. The predicted molar refractivity (Wildman–Crippen MR) is 97.1 cm³/mol. The topological polar surface area (TPSA) is 86.2 Å². The molecule has 2 aromatic carbocycles. The lowest BCUT2D eigenvalue weighted by molar-refractivity contribution is 0.468. The summed E-state index contributed by atoms with van der Waals surface area (Å²) in [6.07, 6.45) is 1.25. The molecular formula is C16H12B3N2O3. The minimum Gasteiger partial charge on any atom is -0.502 e. The zero-order chi connectivity index (χ0) is 16.9. The maximum Gasteiger partial charge on any atom is 0.326 e. The highest BCUT2D eigenvalue weighted by Crippen LogP contribution is 1.90. The highest BCUT2D eigenvalue weighted by Gasteiger charge is 2.09. The molecule has 113 valence electrons. The van der Waals surface area contributed by atoms with Gasteiger partial charge in [-0.05, 0) is 0 Å². The van der Waals surface area contributed by atoms with Crippen LogP contribution in [0, 0.1) is 0 Å². The van der Waals surface area contributed by atoms with Crippen molar-refractivity contribution in [1.29, 1.82) is 0 Å². The quantitative estimate of drug-likeness (QED) is 0.439. The molecule has 5 nitrogen and oxygen atoms in total. The van der Waals surface area contributed by atoms with Crippen LogP contribution in [0.15, 0.2) is 59.7 Å². The number of hydrogen-bond donors (Lipinski definition) is 3. The molecule has 3 rings (SSSR count). The first kappa shape index (κ1) is 16.1. The Labute approximate surface area is 141 Å². The highest BCUT2D eigenvalue weighted by molar-refractivity contribution is 6.69. The second kappa shape index (κ2) is 7.23. The fourth-order valence-corrected chi connectivity index (χ4v) is 2.23. The minimum absolute atomic E-state index is 0.228. The fraction of sp³-hybridized carbons (Fsp3) is 0. The second-order valence-corrected chi connectivity index (χ2v) is 5.22. The molecule has 1 heterocycles. The van der Waals surface area contributed by atoms with Crippen molar-refractivity contribution in [2.24, 2.45) is 0 Å². The lowest BCUT2D eigenvalue weighted by Gasteiger charge is -2.05. The summed E-state index contributed by atoms with van der Waals surface area (Å²) in [7, 11) is 4.71. The first-order valence-electron chi connectivity index (χ1n) is 7.29. The lowest BCUT2D eigenvalue weighted by atomic mass is 9.61. The van der Waals surface area contributed by atoms with E-state index in [0.29, 0.717) is 0 Å². The molecule has 24 heavy (non-hydrogen) atoms. The number of nitrogens with zero attached hydrogens (tertiary/aromatic N) is 1. The van der Waals surface area contributed by atoms with Crippen molar-refractivity contribution in [1.82, 2.24) is 9.97 Å². The van der Waals surface area contributed by atoms with Gasteiger partial charge in [-0.2, -0.15) is 0 Å². The van der Waals surface area contributed by atoms with E-state index >= 15 is 0 Å². The molecule has 0 amide bonds. The van der Waals surface area contributed by atoms with Crippen LogP contribution >= 0.6 is 0 Å². The van der Waals surface area contributed by atoms with E-state index in [1.807, 2.05) is 55.8 Å². The number of benzene rings is 2. The molecule has 0 unspecified atom stereocenters. The molecule has 8 heteroatoms. The summed E-state index contributed by atoms with van der Waals surface area (Å²) in [5, 5.41) is 18.6. The van der Waals surface area contributed by atoms with Crippen molar-refractivity contribution < 1.29 is 10.1 Å². The summed E-state index contributed by atoms with van der Waals surface area (Å²) in [6, 6.07) is 15.1. The van der Waals surface area contributed by atoms with Gasteiger partial charge in [0, 0.05) is 0 Å². The molecule has 0 saturated carbocycles. The molecule has 1 aromatic heterocycles. The molecule has 3 radical (unpaired) electrons. The number of H-pyrrole nitrogens is 1. The summed E-state index contributed by atoms with van der Waals surface area (Å²) in [5.41, 5.74) is 3.27. The Bertz CT molecular complexity index is 880. The van der Waals surface area contributed by atoms with Crippen molar-refractivity contribution in [2.75, 3.05) is 0 Å². The smallest absolute Gasteiger partial charge is 0.326 e. The molecule has 0 atom stereocenters. The van der Waals surface area contributed by atoms with Crippen LogP contribution in [0.4, 0.5) is 0 Å². The largest absolute Gasteiger partial charge is 0.502 e. The summed E-state index contributed by atoms with van der Waals surface area (Å²) < 4.78 is 0. The zero-order valence-corrected chi connectivity index (χ0v) is 12.7. The average molecular weight is 313 g/mol. The van der Waals surface area contributed by atoms with Gasteiger partial charge in [0.05, 0.1) is 11.9 Å². The van der Waals surface area contributed by atoms with Gasteiger partial charge in [-0.1, -0.05) is 70.4 Å². The van der Waals surface area contributed by atoms with E-state index < -0.39 is 11.3 Å². The molecule has 3 N–H and O–H groups in total. The number of nitrogens with one attached hydrogen (secondary N) is 1. The summed E-state index contributed by atoms with van der Waals surface area (Å²) >= 11 is 0. The molecule has 0 aliphatic carbocycles. The van der Waals surface area contributed by atoms with Crippen LogP contribution in [-0.2, 0) is 0 Å². The van der Waals surface area contributed by atoms with E-state index in [2.05, 4.69) is 9.97 Å². The Morgan fingerprint density at radius 3 is 1.88 bits per heavy atom. The Balaban J connectivity index is 1.70. The first-order chi connectivity index (χ1) is 11.7. The number of aromatic amines is 1. The van der Waals surface area contributed by atoms with Crippen molar-refractivity contribution in [3.63, 3.8) is 0 Å². The molecule has 0 saturated heterocycles. The van der Waals surface area contributed by atoms with Gasteiger partial charge in [-0.3, -0.25) is 4.79 Å². The van der Waals surface area contributed by atoms with E-state index in [-0.39, 0.29) is 5.59 Å². The highest BCUT2D eigenvalue weighted by atomic mass is 16.3. The number of aromatic hydroxyl groups is 1. The molecule has 0 bridgehead atoms. The molecule has 0 spiro atoms. The Hall–Kier alpha value is -2.73. The normalized spacial score (nSPS) is 10.2. The van der Waals surface area contributed by atoms with Gasteiger partial charge in [0.2, 0.25) is 7.28 Å². The third-order valence-electron chi connectivity index (χ3n) is 3.52. The maximum atomic E-state index is 11.3. The zero-order valence-electron chi connectivity index (χ0n) is 12.7. The van der Waals surface area contributed by atoms with Crippen molar-refractivity contribution in [3.8, 4) is 5.75 Å². The van der Waals surface area contributed by atoms with Crippen molar-refractivity contribution >= 4 is 49.5 Å². The summed E-state index contributed by atoms with van der Waals surface area (Å²) in [4.78, 5) is 17.6. The van der Waals surface area contributed by atoms with Crippen molar-refractivity contribution in [2.45, 2.75) is 0 Å². The SMILES string of the molecule is O=c1[nH]cnc([B]c2ccc([B]c3ccc([B]O)cc3)cc2)c1O. The Morgan fingerprint density at radius 1 is 0.833 bits per heavy atom. The van der Waals surface area contributed by atoms with Gasteiger partial charge in [-0.15, -0.1) is 0 Å². The maximum absolute atomic E-state index is 11.3. The van der Waals surface area contributed by atoms with E-state index in [9.17, 15) is 9.90 Å². The molecule has 0 fully saturated rings. The van der Waals surface area contributed by atoms with Crippen LogP contribution < -0.4 is 33.0 Å². The van der Waals surface area contributed by atoms with Crippen LogP contribution in [0.5, 0.6) is 5.75 Å². The van der Waals surface area contributed by atoms with Crippen LogP contribution in [0.2, 0.25) is 0 Å². The second-order valence-electron chi connectivity index (χ2n) is 5.22. The van der Waals surface area contributed by atoms with Crippen LogP contribution in [0.25, 0.3) is 0 Å². The monoisotopic (exact) mass is 313 g/mol. The number of aromatic nitrogens is 2. The van der Waals surface area contributed by atoms with E-state index in [1.54, 1.807) is 7.28 Å². The minimum atomic E-state index is -0.565. The predicted octanol–water partition coefficient (Wildman–Crippen LogP) is -2.98. The van der Waals surface area contributed by atoms with Gasteiger partial charge in [0.1, 0.15) is 0 Å². The van der Waals surface area contributed by atoms with E-state index in [0.717, 1.165) is 29.3 Å². The Morgan fingerprint density at radius 2 is 1.33 bits per heavy atom. The van der Waals surface area contributed by atoms with Crippen LogP contribution in [0.1, 0.15) is 0 Å². The summed E-state index contributed by atoms with van der Waals surface area (Å²) in [6.45, 7) is 0. The Kier molecular flexibility index (Phi) is 4.86. The first-order valence-corrected chi connectivity index (χ1v) is 7.29. The fourth-order valence-electron chi connectivity index (χ4n) is 2.23. The van der Waals surface area contributed by atoms with E-state index in [1.165, 1.54) is 6.33 Å². The number of hydrogen-bond acceptors (Lipinski definition) is 4.